The van der Waals surface area contributed by atoms with Crippen molar-refractivity contribution in [2.45, 2.75) is 6.10 Å². The van der Waals surface area contributed by atoms with Crippen molar-refractivity contribution in [2.24, 2.45) is 0 Å². The molecule has 1 aromatic carbocycles. The van der Waals surface area contributed by atoms with Crippen LogP contribution in [0.25, 0.3) is 0 Å². The number of methoxy groups -OCH3 is 1. The van der Waals surface area contributed by atoms with Gasteiger partial charge in [0.25, 0.3) is 5.91 Å². The third-order valence-electron chi connectivity index (χ3n) is 2.16. The standard InChI is InChI=1S/C11H12FNO5/c1-18-8-4-2-3-6(12)9(8)10(15)13-5-7(14)11(16)17/h2-4,7,14H,5H2,1H3,(H,13,15)(H,16,17). The number of rotatable bonds is 5. The molecular formula is C11H12FNO5. The molecule has 0 spiro atoms. The molecule has 0 aromatic heterocycles. The van der Waals surface area contributed by atoms with E-state index in [4.69, 9.17) is 14.9 Å². The molecule has 1 aromatic rings. The van der Waals surface area contributed by atoms with Gasteiger partial charge in [-0.2, -0.15) is 0 Å². The summed E-state index contributed by atoms with van der Waals surface area (Å²) in [5, 5.41) is 19.5. The highest BCUT2D eigenvalue weighted by molar-refractivity contribution is 5.97. The molecule has 1 unspecified atom stereocenters. The number of benzene rings is 1. The maximum absolute atomic E-state index is 13.5. The van der Waals surface area contributed by atoms with Gasteiger partial charge in [-0.3, -0.25) is 4.79 Å². The highest BCUT2D eigenvalue weighted by Gasteiger charge is 2.20. The van der Waals surface area contributed by atoms with Crippen molar-refractivity contribution < 1.29 is 28.9 Å². The number of amides is 1. The smallest absolute Gasteiger partial charge is 0.334 e. The first-order chi connectivity index (χ1) is 8.47. The van der Waals surface area contributed by atoms with E-state index in [-0.39, 0.29) is 11.3 Å². The molecule has 0 aliphatic carbocycles. The van der Waals surface area contributed by atoms with Crippen molar-refractivity contribution in [3.8, 4) is 5.75 Å². The van der Waals surface area contributed by atoms with E-state index in [0.29, 0.717) is 0 Å². The van der Waals surface area contributed by atoms with Crippen molar-refractivity contribution in [1.82, 2.24) is 5.32 Å². The lowest BCUT2D eigenvalue weighted by molar-refractivity contribution is -0.146. The Morgan fingerprint density at radius 1 is 1.50 bits per heavy atom. The molecule has 0 fully saturated rings. The predicted octanol–water partition coefficient (Wildman–Crippen LogP) is 0.00960. The van der Waals surface area contributed by atoms with Gasteiger partial charge in [-0.1, -0.05) is 6.07 Å². The molecule has 0 radical (unpaired) electrons. The van der Waals surface area contributed by atoms with Crippen molar-refractivity contribution in [1.29, 1.82) is 0 Å². The zero-order valence-electron chi connectivity index (χ0n) is 9.51. The lowest BCUT2D eigenvalue weighted by Gasteiger charge is -2.11. The fraction of sp³-hybridized carbons (Fsp3) is 0.273. The number of aliphatic hydroxyl groups is 1. The van der Waals surface area contributed by atoms with E-state index in [1.807, 2.05) is 0 Å². The largest absolute Gasteiger partial charge is 0.496 e. The molecule has 0 bridgehead atoms. The minimum atomic E-state index is -1.74. The fourth-order valence-electron chi connectivity index (χ4n) is 1.26. The van der Waals surface area contributed by atoms with Gasteiger partial charge in [-0.25, -0.2) is 9.18 Å². The second kappa shape index (κ2) is 5.97. The van der Waals surface area contributed by atoms with Crippen LogP contribution in [0.2, 0.25) is 0 Å². The van der Waals surface area contributed by atoms with Gasteiger partial charge in [0.05, 0.1) is 13.7 Å². The number of carboxylic acids is 1. The van der Waals surface area contributed by atoms with Gasteiger partial charge >= 0.3 is 5.97 Å². The third-order valence-corrected chi connectivity index (χ3v) is 2.16. The van der Waals surface area contributed by atoms with Gasteiger partial charge in [0.2, 0.25) is 0 Å². The summed E-state index contributed by atoms with van der Waals surface area (Å²) < 4.78 is 18.3. The summed E-state index contributed by atoms with van der Waals surface area (Å²) in [5.41, 5.74) is -0.336. The molecule has 0 aliphatic heterocycles. The summed E-state index contributed by atoms with van der Waals surface area (Å²) in [6.07, 6.45) is -1.74. The number of carboxylic acid groups (broad SMARTS) is 1. The maximum Gasteiger partial charge on any atom is 0.334 e. The molecule has 98 valence electrons. The van der Waals surface area contributed by atoms with Crippen LogP contribution in [-0.2, 0) is 4.79 Å². The average molecular weight is 257 g/mol. The molecule has 3 N–H and O–H groups in total. The number of carbonyl (C=O) groups excluding carboxylic acids is 1. The van der Waals surface area contributed by atoms with Crippen molar-refractivity contribution in [3.05, 3.63) is 29.6 Å². The Morgan fingerprint density at radius 2 is 2.17 bits per heavy atom. The Hall–Kier alpha value is -2.15. The summed E-state index contributed by atoms with van der Waals surface area (Å²) in [6, 6.07) is 3.84. The van der Waals surface area contributed by atoms with Crippen LogP contribution in [0.1, 0.15) is 10.4 Å². The first kappa shape index (κ1) is 13.9. The molecule has 1 rings (SSSR count). The lowest BCUT2D eigenvalue weighted by Crippen LogP contribution is -2.36. The van der Waals surface area contributed by atoms with E-state index >= 15 is 0 Å². The van der Waals surface area contributed by atoms with Gasteiger partial charge in [-0.15, -0.1) is 0 Å². The third kappa shape index (κ3) is 3.17. The zero-order valence-corrected chi connectivity index (χ0v) is 9.51. The topological polar surface area (TPSA) is 95.9 Å². The van der Waals surface area contributed by atoms with Crippen LogP contribution >= 0.6 is 0 Å². The molecule has 0 heterocycles. The molecule has 6 nitrogen and oxygen atoms in total. The molecule has 0 saturated carbocycles. The van der Waals surface area contributed by atoms with Crippen LogP contribution in [0, 0.1) is 5.82 Å². The summed E-state index contributed by atoms with van der Waals surface area (Å²) in [4.78, 5) is 22.0. The van der Waals surface area contributed by atoms with Crippen LogP contribution in [0.5, 0.6) is 5.75 Å². The van der Waals surface area contributed by atoms with Crippen LogP contribution in [0.3, 0.4) is 0 Å². The van der Waals surface area contributed by atoms with E-state index in [0.717, 1.165) is 6.07 Å². The van der Waals surface area contributed by atoms with E-state index in [1.54, 1.807) is 0 Å². The highest BCUT2D eigenvalue weighted by Crippen LogP contribution is 2.20. The number of ether oxygens (including phenoxy) is 1. The highest BCUT2D eigenvalue weighted by atomic mass is 19.1. The Balaban J connectivity index is 2.81. The summed E-state index contributed by atoms with van der Waals surface area (Å²) in [5.74, 6) is -3.10. The second-order valence-corrected chi connectivity index (χ2v) is 3.38. The number of hydrogen-bond donors (Lipinski definition) is 3. The molecule has 0 saturated heterocycles. The molecular weight excluding hydrogens is 245 g/mol. The first-order valence-electron chi connectivity index (χ1n) is 4.99. The molecule has 1 atom stereocenters. The number of aliphatic carboxylic acids is 1. The molecule has 7 heteroatoms. The zero-order chi connectivity index (χ0) is 13.7. The van der Waals surface area contributed by atoms with Crippen molar-refractivity contribution in [3.63, 3.8) is 0 Å². The Kier molecular flexibility index (Phi) is 4.61. The van der Waals surface area contributed by atoms with Gasteiger partial charge < -0.3 is 20.3 Å². The average Bonchev–Trinajstić information content (AvgIpc) is 2.34. The van der Waals surface area contributed by atoms with Gasteiger partial charge in [0, 0.05) is 0 Å². The summed E-state index contributed by atoms with van der Waals surface area (Å²) in [6.45, 7) is -0.522. The normalized spacial score (nSPS) is 11.7. The molecule has 0 aliphatic rings. The number of carbonyl (C=O) groups is 2. The number of nitrogens with one attached hydrogen (secondary N) is 1. The molecule has 18 heavy (non-hydrogen) atoms. The maximum atomic E-state index is 13.5. The fourth-order valence-corrected chi connectivity index (χ4v) is 1.26. The summed E-state index contributed by atoms with van der Waals surface area (Å²) >= 11 is 0. The molecule has 1 amide bonds. The quantitative estimate of drug-likeness (QED) is 0.690. The van der Waals surface area contributed by atoms with Gasteiger partial charge in [0.15, 0.2) is 6.10 Å². The van der Waals surface area contributed by atoms with Gasteiger partial charge in [0.1, 0.15) is 17.1 Å². The second-order valence-electron chi connectivity index (χ2n) is 3.38. The predicted molar refractivity (Wildman–Crippen MR) is 58.9 cm³/mol. The minimum absolute atomic E-state index is 0.0253. The summed E-state index contributed by atoms with van der Waals surface area (Å²) in [7, 11) is 1.28. The number of halogens is 1. The number of aliphatic hydroxyl groups excluding tert-OH is 1. The van der Waals surface area contributed by atoms with E-state index < -0.39 is 30.3 Å². The van der Waals surface area contributed by atoms with Crippen LogP contribution in [-0.4, -0.2) is 41.8 Å². The van der Waals surface area contributed by atoms with Crippen molar-refractivity contribution >= 4 is 11.9 Å². The Labute approximate surface area is 102 Å². The first-order valence-corrected chi connectivity index (χ1v) is 4.99. The van der Waals surface area contributed by atoms with E-state index in [1.165, 1.54) is 19.2 Å². The van der Waals surface area contributed by atoms with Crippen LogP contribution in [0.4, 0.5) is 4.39 Å². The monoisotopic (exact) mass is 257 g/mol. The van der Waals surface area contributed by atoms with Gasteiger partial charge in [-0.05, 0) is 12.1 Å². The van der Waals surface area contributed by atoms with Crippen molar-refractivity contribution in [2.75, 3.05) is 13.7 Å². The van der Waals surface area contributed by atoms with Crippen LogP contribution < -0.4 is 10.1 Å². The Morgan fingerprint density at radius 3 is 2.72 bits per heavy atom. The van der Waals surface area contributed by atoms with E-state index in [9.17, 15) is 14.0 Å². The minimum Gasteiger partial charge on any atom is -0.496 e. The number of hydrogen-bond acceptors (Lipinski definition) is 4. The Bertz CT molecular complexity index is 463. The lowest BCUT2D eigenvalue weighted by atomic mass is 10.1. The van der Waals surface area contributed by atoms with E-state index in [2.05, 4.69) is 5.32 Å². The SMILES string of the molecule is COc1cccc(F)c1C(=O)NCC(O)C(=O)O. The van der Waals surface area contributed by atoms with Crippen LogP contribution in [0.15, 0.2) is 18.2 Å².